The molecule has 1 N–H and O–H groups in total. The van der Waals surface area contributed by atoms with Gasteiger partial charge in [-0.15, -0.1) is 0 Å². The third-order valence-corrected chi connectivity index (χ3v) is 4.34. The Kier molecular flexibility index (Phi) is 7.09. The second-order valence-corrected chi connectivity index (χ2v) is 6.88. The molecule has 6 heteroatoms. The van der Waals surface area contributed by atoms with Gasteiger partial charge in [0.25, 0.3) is 5.91 Å². The first-order valence-corrected chi connectivity index (χ1v) is 8.70. The Morgan fingerprint density at radius 2 is 1.96 bits per heavy atom. The first-order valence-electron chi connectivity index (χ1n) is 7.53. The maximum atomic E-state index is 12.0. The van der Waals surface area contributed by atoms with Crippen LogP contribution in [0.5, 0.6) is 5.75 Å². The van der Waals surface area contributed by atoms with Gasteiger partial charge in [-0.2, -0.15) is 0 Å². The average Bonchev–Trinajstić information content (AvgIpc) is 2.55. The molecule has 0 bridgehead atoms. The summed E-state index contributed by atoms with van der Waals surface area (Å²) in [5.74, 6) is 0.305. The van der Waals surface area contributed by atoms with Crippen LogP contribution in [0.25, 0.3) is 0 Å². The zero-order valence-corrected chi connectivity index (χ0v) is 16.0. The number of nitrogens with one attached hydrogen (secondary N) is 1. The topological polar surface area (TPSA) is 41.6 Å². The van der Waals surface area contributed by atoms with E-state index in [2.05, 4.69) is 38.3 Å². The summed E-state index contributed by atoms with van der Waals surface area (Å²) in [5, 5.41) is 3.37. The van der Waals surface area contributed by atoms with Crippen LogP contribution in [0.3, 0.4) is 0 Å². The minimum atomic E-state index is -0.184. The van der Waals surface area contributed by atoms with Gasteiger partial charge in [0.05, 0.1) is 11.1 Å². The number of hydrogen-bond acceptors (Lipinski definition) is 3. The number of carbonyl (C=O) groups is 1. The molecule has 1 atom stereocenters. The van der Waals surface area contributed by atoms with E-state index in [1.54, 1.807) is 12.1 Å². The predicted molar refractivity (Wildman–Crippen MR) is 101 cm³/mol. The van der Waals surface area contributed by atoms with Crippen molar-refractivity contribution in [2.24, 2.45) is 0 Å². The summed E-state index contributed by atoms with van der Waals surface area (Å²) in [6.07, 6.45) is 0. The summed E-state index contributed by atoms with van der Waals surface area (Å²) in [6.45, 7) is 0.434. The smallest absolute Gasteiger partial charge is 0.258 e. The van der Waals surface area contributed by atoms with Crippen LogP contribution in [0, 0.1) is 0 Å². The number of amides is 1. The van der Waals surface area contributed by atoms with Crippen LogP contribution in [-0.4, -0.2) is 38.1 Å². The number of ether oxygens (including phenoxy) is 1. The largest absolute Gasteiger partial charge is 0.482 e. The molecule has 2 aromatic rings. The molecular weight excluding hydrogens is 392 g/mol. The van der Waals surface area contributed by atoms with Crippen molar-refractivity contribution in [3.05, 3.63) is 63.6 Å². The van der Waals surface area contributed by atoms with Gasteiger partial charge in [0, 0.05) is 11.0 Å². The van der Waals surface area contributed by atoms with Crippen molar-refractivity contribution in [3.63, 3.8) is 0 Å². The fourth-order valence-electron chi connectivity index (χ4n) is 2.27. The number of halogens is 2. The zero-order chi connectivity index (χ0) is 17.5. The minimum absolute atomic E-state index is 0.0731. The van der Waals surface area contributed by atoms with E-state index >= 15 is 0 Å². The van der Waals surface area contributed by atoms with Crippen molar-refractivity contribution in [2.75, 3.05) is 27.2 Å². The Morgan fingerprint density at radius 1 is 1.25 bits per heavy atom. The van der Waals surface area contributed by atoms with Gasteiger partial charge < -0.3 is 15.0 Å². The molecule has 2 rings (SSSR count). The maximum Gasteiger partial charge on any atom is 0.258 e. The lowest BCUT2D eigenvalue weighted by Crippen LogP contribution is -2.36. The van der Waals surface area contributed by atoms with Crippen molar-refractivity contribution in [3.8, 4) is 5.75 Å². The molecule has 4 nitrogen and oxygen atoms in total. The van der Waals surface area contributed by atoms with Gasteiger partial charge in [-0.1, -0.05) is 57.9 Å². The van der Waals surface area contributed by atoms with Crippen LogP contribution in [0.15, 0.2) is 53.0 Å². The standard InChI is InChI=1S/C18H20BrClN2O2/c1-22(2)16(13-6-4-3-5-7-13)11-21-18(23)12-24-17-9-8-14(19)10-15(17)20/h3-10,16H,11-12H2,1-2H3,(H,21,23)/t16-/m0/s1. The molecule has 0 aliphatic rings. The fourth-order valence-corrected chi connectivity index (χ4v) is 3.00. The monoisotopic (exact) mass is 410 g/mol. The van der Waals surface area contributed by atoms with E-state index in [1.807, 2.05) is 38.4 Å². The number of likely N-dealkylation sites (N-methyl/N-ethyl adjacent to an activating group) is 1. The summed E-state index contributed by atoms with van der Waals surface area (Å²) >= 11 is 9.40. The molecule has 0 fully saturated rings. The Morgan fingerprint density at radius 3 is 2.58 bits per heavy atom. The Bertz CT molecular complexity index is 680. The number of nitrogens with zero attached hydrogens (tertiary/aromatic N) is 1. The number of benzene rings is 2. The predicted octanol–water partition coefficient (Wildman–Crippen LogP) is 3.90. The van der Waals surface area contributed by atoms with Crippen LogP contribution in [0.2, 0.25) is 5.02 Å². The number of carbonyl (C=O) groups excluding carboxylic acids is 1. The van der Waals surface area contributed by atoms with Gasteiger partial charge in [0.15, 0.2) is 6.61 Å². The first-order chi connectivity index (χ1) is 11.5. The Balaban J connectivity index is 1.87. The molecule has 0 heterocycles. The summed E-state index contributed by atoms with van der Waals surface area (Å²) < 4.78 is 6.34. The van der Waals surface area contributed by atoms with Crippen LogP contribution in [-0.2, 0) is 4.79 Å². The molecule has 1 amide bonds. The summed E-state index contributed by atoms with van der Waals surface area (Å²) in [7, 11) is 3.98. The van der Waals surface area contributed by atoms with Crippen molar-refractivity contribution >= 4 is 33.4 Å². The highest BCUT2D eigenvalue weighted by Gasteiger charge is 2.15. The third kappa shape index (κ3) is 5.51. The Labute approximate surface area is 155 Å². The molecule has 0 aromatic heterocycles. The highest BCUT2D eigenvalue weighted by Crippen LogP contribution is 2.27. The number of hydrogen-bond donors (Lipinski definition) is 1. The molecule has 0 unspecified atom stereocenters. The molecule has 0 aliphatic heterocycles. The third-order valence-electron chi connectivity index (χ3n) is 3.55. The Hall–Kier alpha value is -1.56. The van der Waals surface area contributed by atoms with E-state index in [-0.39, 0.29) is 18.6 Å². The van der Waals surface area contributed by atoms with Gasteiger partial charge in [-0.25, -0.2) is 0 Å². The van der Waals surface area contributed by atoms with Crippen LogP contribution < -0.4 is 10.1 Å². The van der Waals surface area contributed by atoms with E-state index < -0.39 is 0 Å². The highest BCUT2D eigenvalue weighted by molar-refractivity contribution is 9.10. The quantitative estimate of drug-likeness (QED) is 0.751. The van der Waals surface area contributed by atoms with Gasteiger partial charge in [-0.3, -0.25) is 4.79 Å². The molecule has 128 valence electrons. The van der Waals surface area contributed by atoms with Gasteiger partial charge in [0.1, 0.15) is 5.75 Å². The lowest BCUT2D eigenvalue weighted by Gasteiger charge is -2.25. The maximum absolute atomic E-state index is 12.0. The van der Waals surface area contributed by atoms with E-state index in [0.717, 1.165) is 10.0 Å². The van der Waals surface area contributed by atoms with Crippen molar-refractivity contribution in [2.45, 2.75) is 6.04 Å². The molecular formula is C18H20BrClN2O2. The molecule has 0 radical (unpaired) electrons. The number of rotatable bonds is 7. The van der Waals surface area contributed by atoms with Crippen LogP contribution in [0.1, 0.15) is 11.6 Å². The summed E-state index contributed by atoms with van der Waals surface area (Å²) in [5.41, 5.74) is 1.15. The lowest BCUT2D eigenvalue weighted by molar-refractivity contribution is -0.123. The van der Waals surface area contributed by atoms with Crippen molar-refractivity contribution in [1.82, 2.24) is 10.2 Å². The summed E-state index contributed by atoms with van der Waals surface area (Å²) in [4.78, 5) is 14.1. The molecule has 0 spiro atoms. The lowest BCUT2D eigenvalue weighted by atomic mass is 10.1. The second kappa shape index (κ2) is 9.06. The highest BCUT2D eigenvalue weighted by atomic mass is 79.9. The van der Waals surface area contributed by atoms with E-state index in [4.69, 9.17) is 16.3 Å². The first kappa shape index (κ1) is 18.8. The van der Waals surface area contributed by atoms with E-state index in [0.29, 0.717) is 17.3 Å². The van der Waals surface area contributed by atoms with E-state index in [1.165, 1.54) is 0 Å². The zero-order valence-electron chi connectivity index (χ0n) is 13.6. The molecule has 0 aliphatic carbocycles. The van der Waals surface area contributed by atoms with Gasteiger partial charge >= 0.3 is 0 Å². The summed E-state index contributed by atoms with van der Waals surface area (Å²) in [6, 6.07) is 15.4. The van der Waals surface area contributed by atoms with Gasteiger partial charge in [0.2, 0.25) is 0 Å². The normalized spacial score (nSPS) is 12.0. The van der Waals surface area contributed by atoms with Gasteiger partial charge in [-0.05, 0) is 37.9 Å². The molecule has 0 saturated heterocycles. The second-order valence-electron chi connectivity index (χ2n) is 5.56. The SMILES string of the molecule is CN(C)[C@@H](CNC(=O)COc1ccc(Br)cc1Cl)c1ccccc1. The average molecular weight is 412 g/mol. The molecule has 2 aromatic carbocycles. The van der Waals surface area contributed by atoms with Crippen LogP contribution in [0.4, 0.5) is 0 Å². The van der Waals surface area contributed by atoms with E-state index in [9.17, 15) is 4.79 Å². The molecule has 0 saturated carbocycles. The fraction of sp³-hybridized carbons (Fsp3) is 0.278. The van der Waals surface area contributed by atoms with Crippen molar-refractivity contribution in [1.29, 1.82) is 0 Å². The molecule has 24 heavy (non-hydrogen) atoms. The van der Waals surface area contributed by atoms with Crippen LogP contribution >= 0.6 is 27.5 Å². The van der Waals surface area contributed by atoms with Crippen molar-refractivity contribution < 1.29 is 9.53 Å². The minimum Gasteiger partial charge on any atom is -0.482 e.